The molecule has 3 heteroatoms. The number of nitrogens with one attached hydrogen (secondary N) is 1. The molecule has 0 aliphatic heterocycles. The molecule has 0 unspecified atom stereocenters. The molecule has 3 rings (SSSR count). The van der Waals surface area contributed by atoms with E-state index in [1.165, 1.54) is 51.4 Å². The molecule has 2 aromatic carbocycles. The van der Waals surface area contributed by atoms with Gasteiger partial charge in [0.2, 0.25) is 5.91 Å². The van der Waals surface area contributed by atoms with Gasteiger partial charge >= 0.3 is 0 Å². The van der Waals surface area contributed by atoms with Crippen molar-refractivity contribution in [2.75, 3.05) is 5.73 Å². The number of benzene rings is 2. The Kier molecular flexibility index (Phi) is 8.36. The van der Waals surface area contributed by atoms with Crippen LogP contribution in [0.15, 0.2) is 60.7 Å². The second kappa shape index (κ2) is 11.5. The average Bonchev–Trinajstić information content (AvgIpc) is 2.80. The number of carbonyl (C=O) groups is 1. The van der Waals surface area contributed by atoms with Gasteiger partial charge in [-0.1, -0.05) is 99.9 Å². The lowest BCUT2D eigenvalue weighted by molar-refractivity contribution is -0.117. The molecular weight excluding hydrogens is 356 g/mol. The zero-order valence-electron chi connectivity index (χ0n) is 17.4. The maximum absolute atomic E-state index is 13.0. The summed E-state index contributed by atoms with van der Waals surface area (Å²) in [7, 11) is 0. The fraction of sp³-hybridized carbons (Fsp3) is 0.423. The van der Waals surface area contributed by atoms with E-state index < -0.39 is 0 Å². The summed E-state index contributed by atoms with van der Waals surface area (Å²) in [6.07, 6.45) is 14.2. The Morgan fingerprint density at radius 1 is 0.793 bits per heavy atom. The van der Waals surface area contributed by atoms with Gasteiger partial charge in [0.1, 0.15) is 0 Å². The molecule has 3 nitrogen and oxygen atoms in total. The number of anilines is 1. The highest BCUT2D eigenvalue weighted by Crippen LogP contribution is 2.27. The number of carbonyl (C=O) groups excluding carboxylic acids is 1. The van der Waals surface area contributed by atoms with Crippen LogP contribution in [-0.2, 0) is 4.79 Å². The number of amides is 1. The molecule has 1 aliphatic carbocycles. The van der Waals surface area contributed by atoms with Crippen LogP contribution in [0.3, 0.4) is 0 Å². The molecule has 0 heterocycles. The van der Waals surface area contributed by atoms with Gasteiger partial charge in [-0.15, -0.1) is 0 Å². The predicted octanol–water partition coefficient (Wildman–Crippen LogP) is 6.10. The Morgan fingerprint density at radius 3 is 1.97 bits per heavy atom. The molecule has 0 saturated heterocycles. The zero-order valence-corrected chi connectivity index (χ0v) is 17.4. The largest absolute Gasteiger partial charge is 0.398 e. The van der Waals surface area contributed by atoms with Crippen molar-refractivity contribution in [1.82, 2.24) is 5.32 Å². The molecule has 2 aromatic rings. The Labute approximate surface area is 175 Å². The second-order valence-electron chi connectivity index (χ2n) is 8.12. The van der Waals surface area contributed by atoms with Crippen molar-refractivity contribution in [3.05, 3.63) is 71.8 Å². The standard InChI is InChI=1S/C26H34N2O/c27-25-19-13-12-18-23(25)24(21-14-8-7-9-15-21)20-26(29)28-22-16-10-5-3-1-2-4-6-11-17-22/h7-9,12-15,18-20,22H,1-6,10-11,16-17,27H2,(H,28,29). The van der Waals surface area contributed by atoms with Crippen LogP contribution in [0.1, 0.15) is 75.3 Å². The minimum atomic E-state index is -0.0213. The van der Waals surface area contributed by atoms with Crippen molar-refractivity contribution in [2.45, 2.75) is 70.3 Å². The lowest BCUT2D eigenvalue weighted by atomic mass is 9.96. The smallest absolute Gasteiger partial charge is 0.244 e. The van der Waals surface area contributed by atoms with E-state index in [4.69, 9.17) is 5.73 Å². The third-order valence-electron chi connectivity index (χ3n) is 5.81. The lowest BCUT2D eigenvalue weighted by Crippen LogP contribution is -2.33. The lowest BCUT2D eigenvalue weighted by Gasteiger charge is -2.18. The van der Waals surface area contributed by atoms with Crippen LogP contribution in [0, 0.1) is 0 Å². The molecule has 1 amide bonds. The fourth-order valence-corrected chi connectivity index (χ4v) is 4.18. The summed E-state index contributed by atoms with van der Waals surface area (Å²) in [6.45, 7) is 0. The summed E-state index contributed by atoms with van der Waals surface area (Å²) >= 11 is 0. The molecular formula is C26H34N2O. The van der Waals surface area contributed by atoms with E-state index >= 15 is 0 Å². The summed E-state index contributed by atoms with van der Waals surface area (Å²) in [5.74, 6) is -0.0213. The average molecular weight is 391 g/mol. The molecule has 0 aromatic heterocycles. The molecule has 0 bridgehead atoms. The van der Waals surface area contributed by atoms with Gasteiger partial charge in [-0.2, -0.15) is 0 Å². The summed E-state index contributed by atoms with van der Waals surface area (Å²) in [4.78, 5) is 13.0. The van der Waals surface area contributed by atoms with Crippen LogP contribution in [-0.4, -0.2) is 11.9 Å². The Hall–Kier alpha value is -2.55. The quantitative estimate of drug-likeness (QED) is 0.489. The molecule has 1 aliphatic rings. The van der Waals surface area contributed by atoms with E-state index in [0.717, 1.165) is 29.5 Å². The predicted molar refractivity (Wildman–Crippen MR) is 122 cm³/mol. The van der Waals surface area contributed by atoms with Crippen LogP contribution in [0.4, 0.5) is 5.69 Å². The topological polar surface area (TPSA) is 55.1 Å². The van der Waals surface area contributed by atoms with E-state index in [1.807, 2.05) is 54.6 Å². The van der Waals surface area contributed by atoms with Crippen molar-refractivity contribution in [1.29, 1.82) is 0 Å². The van der Waals surface area contributed by atoms with Crippen molar-refractivity contribution in [3.63, 3.8) is 0 Å². The van der Waals surface area contributed by atoms with E-state index in [0.29, 0.717) is 5.69 Å². The van der Waals surface area contributed by atoms with Gasteiger partial charge in [0.25, 0.3) is 0 Å². The van der Waals surface area contributed by atoms with E-state index in [9.17, 15) is 4.79 Å². The van der Waals surface area contributed by atoms with Gasteiger partial charge in [-0.05, 0) is 30.0 Å². The summed E-state index contributed by atoms with van der Waals surface area (Å²) in [5.41, 5.74) is 9.69. The zero-order chi connectivity index (χ0) is 20.3. The Morgan fingerprint density at radius 2 is 1.34 bits per heavy atom. The first-order valence-electron chi connectivity index (χ1n) is 11.2. The van der Waals surface area contributed by atoms with Gasteiger partial charge in [0.05, 0.1) is 0 Å². The highest BCUT2D eigenvalue weighted by molar-refractivity contribution is 6.00. The molecule has 29 heavy (non-hydrogen) atoms. The molecule has 3 N–H and O–H groups in total. The number of nitrogen functional groups attached to an aromatic ring is 1. The van der Waals surface area contributed by atoms with Crippen LogP contribution >= 0.6 is 0 Å². The Balaban J connectivity index is 1.77. The third-order valence-corrected chi connectivity index (χ3v) is 5.81. The number of hydrogen-bond acceptors (Lipinski definition) is 2. The number of hydrogen-bond donors (Lipinski definition) is 2. The molecule has 0 radical (unpaired) electrons. The van der Waals surface area contributed by atoms with Crippen LogP contribution < -0.4 is 11.1 Å². The second-order valence-corrected chi connectivity index (χ2v) is 8.12. The summed E-state index contributed by atoms with van der Waals surface area (Å²) in [5, 5.41) is 3.29. The summed E-state index contributed by atoms with van der Waals surface area (Å²) in [6, 6.07) is 18.0. The van der Waals surface area contributed by atoms with E-state index in [1.54, 1.807) is 6.08 Å². The van der Waals surface area contributed by atoms with Crippen molar-refractivity contribution >= 4 is 17.2 Å². The van der Waals surface area contributed by atoms with Crippen LogP contribution in [0.5, 0.6) is 0 Å². The number of nitrogens with two attached hydrogens (primary N) is 1. The minimum absolute atomic E-state index is 0.0213. The van der Waals surface area contributed by atoms with Gasteiger partial charge in [-0.3, -0.25) is 4.79 Å². The highest BCUT2D eigenvalue weighted by atomic mass is 16.1. The highest BCUT2D eigenvalue weighted by Gasteiger charge is 2.14. The Bertz CT molecular complexity index is 785. The number of para-hydroxylation sites is 1. The van der Waals surface area contributed by atoms with E-state index in [-0.39, 0.29) is 11.9 Å². The maximum Gasteiger partial charge on any atom is 0.244 e. The molecule has 0 spiro atoms. The first kappa shape index (κ1) is 21.2. The van der Waals surface area contributed by atoms with Gasteiger partial charge in [0, 0.05) is 23.4 Å². The molecule has 0 atom stereocenters. The van der Waals surface area contributed by atoms with Gasteiger partial charge in [0.15, 0.2) is 0 Å². The molecule has 1 saturated carbocycles. The SMILES string of the molecule is Nc1ccccc1C(=CC(=O)NC1CCCCCCCCCC1)c1ccccc1. The third kappa shape index (κ3) is 6.77. The minimum Gasteiger partial charge on any atom is -0.398 e. The first-order chi connectivity index (χ1) is 14.2. The maximum atomic E-state index is 13.0. The van der Waals surface area contributed by atoms with Crippen LogP contribution in [0.2, 0.25) is 0 Å². The van der Waals surface area contributed by atoms with Gasteiger partial charge in [-0.25, -0.2) is 0 Å². The van der Waals surface area contributed by atoms with Crippen molar-refractivity contribution in [2.24, 2.45) is 0 Å². The molecule has 154 valence electrons. The summed E-state index contributed by atoms with van der Waals surface area (Å²) < 4.78 is 0. The first-order valence-corrected chi connectivity index (χ1v) is 11.2. The van der Waals surface area contributed by atoms with E-state index in [2.05, 4.69) is 5.32 Å². The van der Waals surface area contributed by atoms with Crippen molar-refractivity contribution in [3.8, 4) is 0 Å². The van der Waals surface area contributed by atoms with Gasteiger partial charge < -0.3 is 11.1 Å². The van der Waals surface area contributed by atoms with Crippen LogP contribution in [0.25, 0.3) is 5.57 Å². The molecule has 1 fully saturated rings. The monoisotopic (exact) mass is 390 g/mol. The number of rotatable bonds is 4. The fourth-order valence-electron chi connectivity index (χ4n) is 4.18. The van der Waals surface area contributed by atoms with Crippen molar-refractivity contribution < 1.29 is 4.79 Å². The normalized spacial score (nSPS) is 17.3.